The molecule has 1 unspecified atom stereocenters. The maximum atomic E-state index is 13.0. The molecule has 1 rings (SSSR count). The van der Waals surface area contributed by atoms with Gasteiger partial charge >= 0.3 is 5.97 Å². The van der Waals surface area contributed by atoms with Crippen molar-refractivity contribution in [2.75, 3.05) is 13.7 Å². The number of carbonyl (C=O) groups excluding carboxylic acids is 1. The van der Waals surface area contributed by atoms with Gasteiger partial charge in [-0.05, 0) is 36.5 Å². The number of esters is 1. The first-order valence-electron chi connectivity index (χ1n) is 6.51. The molecule has 3 nitrogen and oxygen atoms in total. The molecular weight excluding hydrogens is 245 g/mol. The Morgan fingerprint density at radius 3 is 2.37 bits per heavy atom. The van der Waals surface area contributed by atoms with Crippen molar-refractivity contribution in [1.29, 1.82) is 0 Å². The van der Waals surface area contributed by atoms with Crippen LogP contribution in [-0.2, 0) is 14.9 Å². The summed E-state index contributed by atoms with van der Waals surface area (Å²) in [6.45, 7) is 4.32. The minimum absolute atomic E-state index is 0.151. The first-order valence-corrected chi connectivity index (χ1v) is 6.51. The summed E-state index contributed by atoms with van der Waals surface area (Å²) in [6, 6.07) is 5.91. The molecule has 0 aliphatic carbocycles. The van der Waals surface area contributed by atoms with Crippen molar-refractivity contribution in [2.45, 2.75) is 32.1 Å². The van der Waals surface area contributed by atoms with Crippen LogP contribution in [0.2, 0.25) is 0 Å². The lowest BCUT2D eigenvalue weighted by Gasteiger charge is -2.30. The van der Waals surface area contributed by atoms with E-state index in [1.807, 2.05) is 0 Å². The molecule has 0 heterocycles. The number of halogens is 1. The Bertz CT molecular complexity index is 417. The summed E-state index contributed by atoms with van der Waals surface area (Å²) in [5, 5.41) is 0. The van der Waals surface area contributed by atoms with Crippen LogP contribution in [0.3, 0.4) is 0 Å². The molecule has 1 atom stereocenters. The maximum absolute atomic E-state index is 13.0. The lowest BCUT2D eigenvalue weighted by molar-refractivity contribution is -0.147. The van der Waals surface area contributed by atoms with Crippen LogP contribution in [0.5, 0.6) is 0 Å². The maximum Gasteiger partial charge on any atom is 0.317 e. The van der Waals surface area contributed by atoms with Gasteiger partial charge in [0.05, 0.1) is 7.11 Å². The third-order valence-corrected chi connectivity index (χ3v) is 3.47. The normalized spacial score (nSPS) is 14.2. The SMILES string of the molecule is COC(=O)C(CN)(CCC(C)C)c1ccc(F)cc1. The minimum atomic E-state index is -0.882. The van der Waals surface area contributed by atoms with Gasteiger partial charge < -0.3 is 10.5 Å². The van der Waals surface area contributed by atoms with Gasteiger partial charge in [-0.25, -0.2) is 4.39 Å². The third kappa shape index (κ3) is 3.53. The smallest absolute Gasteiger partial charge is 0.317 e. The second-order valence-electron chi connectivity index (χ2n) is 5.22. The van der Waals surface area contributed by atoms with Crippen molar-refractivity contribution in [1.82, 2.24) is 0 Å². The molecule has 0 aliphatic heterocycles. The summed E-state index contributed by atoms with van der Waals surface area (Å²) in [5.74, 6) is -0.235. The highest BCUT2D eigenvalue weighted by molar-refractivity contribution is 5.83. The van der Waals surface area contributed by atoms with Crippen LogP contribution in [0.4, 0.5) is 4.39 Å². The number of hydrogen-bond donors (Lipinski definition) is 1. The van der Waals surface area contributed by atoms with E-state index in [-0.39, 0.29) is 18.3 Å². The minimum Gasteiger partial charge on any atom is -0.468 e. The van der Waals surface area contributed by atoms with E-state index >= 15 is 0 Å². The summed E-state index contributed by atoms with van der Waals surface area (Å²) in [5.41, 5.74) is 5.68. The van der Waals surface area contributed by atoms with Crippen molar-refractivity contribution in [3.8, 4) is 0 Å². The monoisotopic (exact) mass is 267 g/mol. The summed E-state index contributed by atoms with van der Waals surface area (Å²) in [4.78, 5) is 12.2. The molecule has 106 valence electrons. The van der Waals surface area contributed by atoms with Crippen molar-refractivity contribution in [2.24, 2.45) is 11.7 Å². The summed E-state index contributed by atoms with van der Waals surface area (Å²) in [7, 11) is 1.35. The van der Waals surface area contributed by atoms with Gasteiger partial charge in [0, 0.05) is 6.54 Å². The molecule has 1 aromatic carbocycles. The van der Waals surface area contributed by atoms with E-state index in [1.54, 1.807) is 12.1 Å². The number of nitrogens with two attached hydrogens (primary N) is 1. The average molecular weight is 267 g/mol. The van der Waals surface area contributed by atoms with Gasteiger partial charge in [0.2, 0.25) is 0 Å². The molecule has 0 bridgehead atoms. The number of rotatable bonds is 6. The van der Waals surface area contributed by atoms with Crippen LogP contribution in [-0.4, -0.2) is 19.6 Å². The molecule has 0 radical (unpaired) electrons. The van der Waals surface area contributed by atoms with Crippen LogP contribution in [0.15, 0.2) is 24.3 Å². The quantitative estimate of drug-likeness (QED) is 0.806. The second-order valence-corrected chi connectivity index (χ2v) is 5.22. The molecule has 1 aromatic rings. The van der Waals surface area contributed by atoms with Crippen LogP contribution >= 0.6 is 0 Å². The summed E-state index contributed by atoms with van der Waals surface area (Å²) in [6.07, 6.45) is 1.45. The zero-order valence-electron chi connectivity index (χ0n) is 11.8. The van der Waals surface area contributed by atoms with Crippen LogP contribution < -0.4 is 5.73 Å². The fraction of sp³-hybridized carbons (Fsp3) is 0.533. The fourth-order valence-electron chi connectivity index (χ4n) is 2.17. The van der Waals surface area contributed by atoms with E-state index in [0.717, 1.165) is 6.42 Å². The molecule has 0 saturated carbocycles. The third-order valence-electron chi connectivity index (χ3n) is 3.47. The number of ether oxygens (including phenoxy) is 1. The van der Waals surface area contributed by atoms with Gasteiger partial charge in [-0.15, -0.1) is 0 Å². The van der Waals surface area contributed by atoms with Gasteiger partial charge in [-0.2, -0.15) is 0 Å². The largest absolute Gasteiger partial charge is 0.468 e. The Morgan fingerprint density at radius 1 is 1.37 bits per heavy atom. The van der Waals surface area contributed by atoms with Gasteiger partial charge in [0.1, 0.15) is 11.2 Å². The van der Waals surface area contributed by atoms with Crippen molar-refractivity contribution >= 4 is 5.97 Å². The number of carbonyl (C=O) groups is 1. The van der Waals surface area contributed by atoms with E-state index in [1.165, 1.54) is 19.2 Å². The van der Waals surface area contributed by atoms with Gasteiger partial charge in [0.25, 0.3) is 0 Å². The highest BCUT2D eigenvalue weighted by Crippen LogP contribution is 2.31. The van der Waals surface area contributed by atoms with E-state index in [9.17, 15) is 9.18 Å². The highest BCUT2D eigenvalue weighted by atomic mass is 19.1. The van der Waals surface area contributed by atoms with E-state index in [0.29, 0.717) is 17.9 Å². The van der Waals surface area contributed by atoms with Crippen molar-refractivity contribution in [3.63, 3.8) is 0 Å². The second kappa shape index (κ2) is 6.66. The fourth-order valence-corrected chi connectivity index (χ4v) is 2.17. The molecule has 0 fully saturated rings. The summed E-state index contributed by atoms with van der Waals surface area (Å²) < 4.78 is 17.9. The first kappa shape index (κ1) is 15.6. The van der Waals surface area contributed by atoms with Crippen LogP contribution in [0, 0.1) is 11.7 Å². The van der Waals surface area contributed by atoms with E-state index in [4.69, 9.17) is 10.5 Å². The van der Waals surface area contributed by atoms with Gasteiger partial charge in [-0.3, -0.25) is 4.79 Å². The Hall–Kier alpha value is -1.42. The molecule has 2 N–H and O–H groups in total. The molecule has 0 saturated heterocycles. The standard InChI is InChI=1S/C15H22FNO2/c1-11(2)8-9-15(10-17,14(18)19-3)12-4-6-13(16)7-5-12/h4-7,11H,8-10,17H2,1-3H3. The van der Waals surface area contributed by atoms with Crippen molar-refractivity contribution < 1.29 is 13.9 Å². The number of benzene rings is 1. The lowest BCUT2D eigenvalue weighted by Crippen LogP contribution is -2.44. The van der Waals surface area contributed by atoms with Crippen LogP contribution in [0.25, 0.3) is 0 Å². The van der Waals surface area contributed by atoms with Gasteiger partial charge in [0.15, 0.2) is 0 Å². The van der Waals surface area contributed by atoms with E-state index in [2.05, 4.69) is 13.8 Å². The predicted octanol–water partition coefficient (Wildman–Crippen LogP) is 2.63. The molecule has 0 aromatic heterocycles. The van der Waals surface area contributed by atoms with Crippen LogP contribution in [0.1, 0.15) is 32.3 Å². The molecule has 19 heavy (non-hydrogen) atoms. The Balaban J connectivity index is 3.15. The number of methoxy groups -OCH3 is 1. The molecule has 0 amide bonds. The zero-order chi connectivity index (χ0) is 14.5. The average Bonchev–Trinajstić information content (AvgIpc) is 2.41. The highest BCUT2D eigenvalue weighted by Gasteiger charge is 2.39. The first-order chi connectivity index (χ1) is 8.96. The Labute approximate surface area is 113 Å². The Kier molecular flexibility index (Phi) is 5.48. The molecule has 0 aliphatic rings. The zero-order valence-corrected chi connectivity index (χ0v) is 11.8. The van der Waals surface area contributed by atoms with Gasteiger partial charge in [-0.1, -0.05) is 26.0 Å². The Morgan fingerprint density at radius 2 is 1.95 bits per heavy atom. The molecular formula is C15H22FNO2. The summed E-state index contributed by atoms with van der Waals surface area (Å²) >= 11 is 0. The lowest BCUT2D eigenvalue weighted by atomic mass is 9.75. The molecule has 4 heteroatoms. The predicted molar refractivity (Wildman–Crippen MR) is 73.2 cm³/mol. The number of hydrogen-bond acceptors (Lipinski definition) is 3. The van der Waals surface area contributed by atoms with E-state index < -0.39 is 5.41 Å². The molecule has 0 spiro atoms. The van der Waals surface area contributed by atoms with Crippen molar-refractivity contribution in [3.05, 3.63) is 35.6 Å². The topological polar surface area (TPSA) is 52.3 Å².